The Bertz CT molecular complexity index is 1800. The van der Waals surface area contributed by atoms with E-state index in [2.05, 4.69) is 20.5 Å². The maximum atomic E-state index is 13.7. The average molecular weight is 563 g/mol. The van der Waals surface area contributed by atoms with Crippen LogP contribution in [0.4, 0.5) is 13.2 Å². The number of aryl methyl sites for hydroxylation is 2. The Hall–Kier alpha value is -4.84. The number of carbonyl (C=O) groups excluding carboxylic acids is 1. The fraction of sp³-hybridized carbons (Fsp3) is 0.207. The van der Waals surface area contributed by atoms with Crippen LogP contribution in [-0.4, -0.2) is 49.2 Å². The molecule has 0 unspecified atom stereocenters. The Kier molecular flexibility index (Phi) is 7.66. The highest BCUT2D eigenvalue weighted by molar-refractivity contribution is 5.96. The number of aliphatic hydroxyl groups is 1. The predicted octanol–water partition coefficient (Wildman–Crippen LogP) is 3.94. The Morgan fingerprint density at radius 1 is 0.976 bits per heavy atom. The third-order valence-corrected chi connectivity index (χ3v) is 6.61. The molecule has 5 aromatic rings. The van der Waals surface area contributed by atoms with E-state index in [1.807, 2.05) is 30.5 Å². The summed E-state index contributed by atoms with van der Waals surface area (Å²) in [6.07, 6.45) is 0.975. The highest BCUT2D eigenvalue weighted by Crippen LogP contribution is 2.34. The molecule has 0 saturated carbocycles. The molecule has 3 aromatic heterocycles. The van der Waals surface area contributed by atoms with E-state index in [4.69, 9.17) is 5.11 Å². The first-order valence-electron chi connectivity index (χ1n) is 12.7. The number of halogens is 3. The van der Waals surface area contributed by atoms with Gasteiger partial charge in [0.05, 0.1) is 41.7 Å². The van der Waals surface area contributed by atoms with Gasteiger partial charge in [0.15, 0.2) is 0 Å². The molecule has 2 aromatic carbocycles. The zero-order valence-electron chi connectivity index (χ0n) is 21.9. The number of hydrogen-bond acceptors (Lipinski definition) is 6. The van der Waals surface area contributed by atoms with Crippen molar-refractivity contribution in [3.8, 4) is 22.4 Å². The molecular weight excluding hydrogens is 537 g/mol. The molecule has 1 amide bonds. The van der Waals surface area contributed by atoms with E-state index in [0.29, 0.717) is 13.0 Å². The first kappa shape index (κ1) is 27.7. The molecule has 0 spiro atoms. The van der Waals surface area contributed by atoms with Crippen LogP contribution in [0.25, 0.3) is 33.3 Å². The molecule has 9 nitrogen and oxygen atoms in total. The largest absolute Gasteiger partial charge is 0.417 e. The number of nitrogens with one attached hydrogen (secondary N) is 1. The number of amides is 1. The summed E-state index contributed by atoms with van der Waals surface area (Å²) in [6.45, 7) is 0.576. The van der Waals surface area contributed by atoms with Crippen LogP contribution in [0.3, 0.4) is 0 Å². The summed E-state index contributed by atoms with van der Waals surface area (Å²) in [5.41, 5.74) is 1.77. The van der Waals surface area contributed by atoms with Gasteiger partial charge < -0.3 is 10.4 Å². The number of fused-ring (bicyclic) bond motifs is 1. The van der Waals surface area contributed by atoms with Gasteiger partial charge in [-0.25, -0.2) is 4.68 Å². The summed E-state index contributed by atoms with van der Waals surface area (Å²) >= 11 is 0. The Balaban J connectivity index is 1.39. The van der Waals surface area contributed by atoms with E-state index in [1.54, 1.807) is 17.1 Å². The standard InChI is InChI=1S/C29H25F3N6O3/c1-33-28(41)23-4-3-19(14-24(23)29(30,31)32)26-6-7-27(40)38(36-26)9-8-18-2-5-25-20(12-18)13-21(15-34-25)22-16-35-37(17-22)10-11-39/h2-7,12-17,39H,8-11H2,1H3,(H,33,41). The topological polar surface area (TPSA) is 115 Å². The van der Waals surface area contributed by atoms with Crippen LogP contribution in [0.2, 0.25) is 0 Å². The number of pyridine rings is 1. The highest BCUT2D eigenvalue weighted by atomic mass is 19.4. The Morgan fingerprint density at radius 3 is 2.56 bits per heavy atom. The first-order valence-corrected chi connectivity index (χ1v) is 12.7. The highest BCUT2D eigenvalue weighted by Gasteiger charge is 2.35. The van der Waals surface area contributed by atoms with Gasteiger partial charge in [0, 0.05) is 54.1 Å². The van der Waals surface area contributed by atoms with Crippen molar-refractivity contribution in [3.63, 3.8) is 0 Å². The average Bonchev–Trinajstić information content (AvgIpc) is 3.44. The van der Waals surface area contributed by atoms with Gasteiger partial charge in [0.2, 0.25) is 0 Å². The van der Waals surface area contributed by atoms with Gasteiger partial charge in [-0.2, -0.15) is 23.4 Å². The van der Waals surface area contributed by atoms with Gasteiger partial charge in [-0.15, -0.1) is 0 Å². The van der Waals surface area contributed by atoms with Crippen molar-refractivity contribution in [3.05, 3.63) is 100 Å². The summed E-state index contributed by atoms with van der Waals surface area (Å²) in [5.74, 6) is -0.851. The molecular formula is C29H25F3N6O3. The molecule has 2 N–H and O–H groups in total. The summed E-state index contributed by atoms with van der Waals surface area (Å²) < 4.78 is 43.9. The molecule has 5 rings (SSSR count). The van der Waals surface area contributed by atoms with E-state index in [1.165, 1.54) is 29.9 Å². The molecule has 0 atom stereocenters. The van der Waals surface area contributed by atoms with Crippen molar-refractivity contribution < 1.29 is 23.1 Å². The van der Waals surface area contributed by atoms with Gasteiger partial charge in [-0.05, 0) is 48.4 Å². The molecule has 0 fully saturated rings. The molecule has 0 bridgehead atoms. The zero-order chi connectivity index (χ0) is 29.1. The minimum Gasteiger partial charge on any atom is -0.394 e. The minimum absolute atomic E-state index is 0.0140. The summed E-state index contributed by atoms with van der Waals surface area (Å²) in [5, 5.41) is 20.8. The first-order chi connectivity index (χ1) is 19.7. The fourth-order valence-electron chi connectivity index (χ4n) is 4.50. The Morgan fingerprint density at radius 2 is 1.80 bits per heavy atom. The second kappa shape index (κ2) is 11.3. The predicted molar refractivity (Wildman–Crippen MR) is 146 cm³/mol. The van der Waals surface area contributed by atoms with E-state index in [9.17, 15) is 22.8 Å². The van der Waals surface area contributed by atoms with Crippen LogP contribution in [-0.2, 0) is 25.7 Å². The van der Waals surface area contributed by atoms with Crippen LogP contribution in [0.5, 0.6) is 0 Å². The number of alkyl halides is 3. The van der Waals surface area contributed by atoms with Crippen molar-refractivity contribution in [1.82, 2.24) is 29.9 Å². The number of rotatable bonds is 8. The second-order valence-corrected chi connectivity index (χ2v) is 9.33. The monoisotopic (exact) mass is 562 g/mol. The molecule has 41 heavy (non-hydrogen) atoms. The zero-order valence-corrected chi connectivity index (χ0v) is 21.9. The van der Waals surface area contributed by atoms with Gasteiger partial charge in [0.25, 0.3) is 11.5 Å². The summed E-state index contributed by atoms with van der Waals surface area (Å²) in [6, 6.07) is 13.7. The van der Waals surface area contributed by atoms with Crippen molar-refractivity contribution in [1.29, 1.82) is 0 Å². The molecule has 3 heterocycles. The maximum absolute atomic E-state index is 13.7. The van der Waals surface area contributed by atoms with Gasteiger partial charge in [-0.1, -0.05) is 12.1 Å². The van der Waals surface area contributed by atoms with Crippen LogP contribution < -0.4 is 10.9 Å². The fourth-order valence-corrected chi connectivity index (χ4v) is 4.50. The molecule has 0 radical (unpaired) electrons. The summed E-state index contributed by atoms with van der Waals surface area (Å²) in [4.78, 5) is 29.0. The Labute approximate surface area is 231 Å². The van der Waals surface area contributed by atoms with Gasteiger partial charge in [-0.3, -0.25) is 19.3 Å². The third-order valence-electron chi connectivity index (χ3n) is 6.61. The van der Waals surface area contributed by atoms with Crippen LogP contribution >= 0.6 is 0 Å². The quantitative estimate of drug-likeness (QED) is 0.296. The smallest absolute Gasteiger partial charge is 0.394 e. The molecule has 210 valence electrons. The molecule has 0 saturated heterocycles. The van der Waals surface area contributed by atoms with Crippen molar-refractivity contribution in [2.24, 2.45) is 0 Å². The number of aromatic nitrogens is 5. The van der Waals surface area contributed by atoms with Crippen LogP contribution in [0.15, 0.2) is 78.0 Å². The number of benzene rings is 2. The SMILES string of the molecule is CNC(=O)c1ccc(-c2ccc(=O)n(CCc3ccc4ncc(-c5cnn(CCO)c5)cc4c3)n2)cc1C(F)(F)F. The second-order valence-electron chi connectivity index (χ2n) is 9.33. The molecule has 12 heteroatoms. The third kappa shape index (κ3) is 6.02. The van der Waals surface area contributed by atoms with E-state index in [-0.39, 0.29) is 24.4 Å². The molecule has 0 aliphatic carbocycles. The lowest BCUT2D eigenvalue weighted by atomic mass is 10.0. The van der Waals surface area contributed by atoms with Gasteiger partial charge >= 0.3 is 6.18 Å². The maximum Gasteiger partial charge on any atom is 0.417 e. The van der Waals surface area contributed by atoms with E-state index >= 15 is 0 Å². The lowest BCUT2D eigenvalue weighted by Gasteiger charge is -2.14. The number of carbonyl (C=O) groups is 1. The van der Waals surface area contributed by atoms with Crippen LogP contribution in [0, 0.1) is 0 Å². The van der Waals surface area contributed by atoms with Crippen LogP contribution in [0.1, 0.15) is 21.5 Å². The normalized spacial score (nSPS) is 11.6. The lowest BCUT2D eigenvalue weighted by molar-refractivity contribution is -0.137. The lowest BCUT2D eigenvalue weighted by Crippen LogP contribution is -2.24. The summed E-state index contributed by atoms with van der Waals surface area (Å²) in [7, 11) is 1.26. The van der Waals surface area contributed by atoms with E-state index in [0.717, 1.165) is 39.7 Å². The van der Waals surface area contributed by atoms with E-state index < -0.39 is 28.8 Å². The van der Waals surface area contributed by atoms with Crippen molar-refractivity contribution >= 4 is 16.8 Å². The number of nitrogens with zero attached hydrogens (tertiary/aromatic N) is 5. The number of aliphatic hydroxyl groups excluding tert-OH is 1. The minimum atomic E-state index is -4.75. The van der Waals surface area contributed by atoms with Crippen molar-refractivity contribution in [2.75, 3.05) is 13.7 Å². The molecule has 0 aliphatic heterocycles. The van der Waals surface area contributed by atoms with Crippen molar-refractivity contribution in [2.45, 2.75) is 25.7 Å². The van der Waals surface area contributed by atoms with Gasteiger partial charge in [0.1, 0.15) is 0 Å². The number of hydrogen-bond donors (Lipinski definition) is 2. The molecule has 0 aliphatic rings.